The Morgan fingerprint density at radius 1 is 1.14 bits per heavy atom. The van der Waals surface area contributed by atoms with Crippen LogP contribution in [0.15, 0.2) is 30.5 Å². The Bertz CT molecular complexity index is 619. The normalized spacial score (nSPS) is 12.7. The molecular weight excluding hydrogens is 279 g/mol. The van der Waals surface area contributed by atoms with Crippen molar-refractivity contribution in [2.24, 2.45) is 5.73 Å². The fourth-order valence-corrected chi connectivity index (χ4v) is 2.16. The summed E-state index contributed by atoms with van der Waals surface area (Å²) in [5.41, 5.74) is 5.31. The molecule has 3 nitrogen and oxygen atoms in total. The van der Waals surface area contributed by atoms with Gasteiger partial charge in [-0.25, -0.2) is 4.68 Å². The van der Waals surface area contributed by atoms with Gasteiger partial charge in [-0.05, 0) is 38.0 Å². The molecule has 2 N–H and O–H groups in total. The van der Waals surface area contributed by atoms with Gasteiger partial charge in [-0.3, -0.25) is 0 Å². The first-order valence-corrected chi connectivity index (χ1v) is 6.68. The molecule has 1 heterocycles. The smallest absolute Gasteiger partial charge is 0.322 e. The molecule has 0 saturated heterocycles. The monoisotopic (exact) mass is 297 g/mol. The molecule has 2 aromatic rings. The summed E-state index contributed by atoms with van der Waals surface area (Å²) in [5.74, 6) is 0. The minimum absolute atomic E-state index is 0.0189. The Kier molecular flexibility index (Phi) is 3.84. The van der Waals surface area contributed by atoms with Crippen LogP contribution in [0.3, 0.4) is 0 Å². The highest BCUT2D eigenvalue weighted by atomic mass is 19.4. The van der Waals surface area contributed by atoms with Crippen LogP contribution < -0.4 is 5.73 Å². The number of benzene rings is 1. The molecule has 0 amide bonds. The minimum Gasteiger partial charge on any atom is -0.322 e. The van der Waals surface area contributed by atoms with Gasteiger partial charge in [0.05, 0.1) is 11.9 Å². The van der Waals surface area contributed by atoms with Gasteiger partial charge in [0.15, 0.2) is 5.69 Å². The van der Waals surface area contributed by atoms with E-state index in [1.54, 1.807) is 24.3 Å². The van der Waals surface area contributed by atoms with Crippen molar-refractivity contribution in [3.05, 3.63) is 47.3 Å². The van der Waals surface area contributed by atoms with Gasteiger partial charge in [0.1, 0.15) is 0 Å². The molecule has 0 atom stereocenters. The van der Waals surface area contributed by atoms with Crippen molar-refractivity contribution >= 4 is 0 Å². The van der Waals surface area contributed by atoms with Gasteiger partial charge in [-0.2, -0.15) is 18.3 Å². The van der Waals surface area contributed by atoms with E-state index in [1.807, 2.05) is 6.92 Å². The maximum Gasteiger partial charge on any atom is 0.433 e. The van der Waals surface area contributed by atoms with Crippen LogP contribution in [0.25, 0.3) is 5.69 Å². The lowest BCUT2D eigenvalue weighted by Crippen LogP contribution is -2.31. The van der Waals surface area contributed by atoms with Crippen LogP contribution in [-0.4, -0.2) is 9.78 Å². The predicted octanol–water partition coefficient (Wildman–Crippen LogP) is 3.65. The fourth-order valence-electron chi connectivity index (χ4n) is 2.16. The van der Waals surface area contributed by atoms with Gasteiger partial charge in [-0.15, -0.1) is 0 Å². The van der Waals surface area contributed by atoms with Crippen molar-refractivity contribution in [1.29, 1.82) is 0 Å². The van der Waals surface area contributed by atoms with Crippen LogP contribution in [0, 0.1) is 0 Å². The lowest BCUT2D eigenvalue weighted by molar-refractivity contribution is -0.143. The average Bonchev–Trinajstić information content (AvgIpc) is 2.83. The predicted molar refractivity (Wildman–Crippen MR) is 75.2 cm³/mol. The van der Waals surface area contributed by atoms with E-state index >= 15 is 0 Å². The molecule has 1 aromatic heterocycles. The number of halogens is 3. The number of hydrogen-bond donors (Lipinski definition) is 1. The molecule has 0 spiro atoms. The van der Waals surface area contributed by atoms with Crippen LogP contribution in [0.5, 0.6) is 0 Å². The Hall–Kier alpha value is -1.82. The van der Waals surface area contributed by atoms with E-state index in [4.69, 9.17) is 5.73 Å². The summed E-state index contributed by atoms with van der Waals surface area (Å²) in [4.78, 5) is 0. The molecule has 0 unspecified atom stereocenters. The van der Waals surface area contributed by atoms with Crippen molar-refractivity contribution < 1.29 is 13.2 Å². The van der Waals surface area contributed by atoms with Gasteiger partial charge in [0.2, 0.25) is 0 Å². The number of nitrogens with two attached hydrogens (primary N) is 1. The fraction of sp³-hybridized carbons (Fsp3) is 0.400. The van der Waals surface area contributed by atoms with E-state index in [-0.39, 0.29) is 5.56 Å². The zero-order valence-electron chi connectivity index (χ0n) is 12.2. The molecule has 1 aromatic carbocycles. The molecule has 0 aliphatic heterocycles. The lowest BCUT2D eigenvalue weighted by atomic mass is 9.96. The van der Waals surface area contributed by atoms with Crippen LogP contribution >= 0.6 is 0 Å². The standard InChI is InChI=1S/C15H18F3N3/c1-4-10-5-7-11(8-6-10)21-13(15(16,17)18)12(9-20-21)14(2,3)19/h5-9H,4,19H2,1-3H3. The molecule has 6 heteroatoms. The molecule has 114 valence electrons. The molecule has 0 aliphatic carbocycles. The molecule has 21 heavy (non-hydrogen) atoms. The van der Waals surface area contributed by atoms with Crippen molar-refractivity contribution in [3.8, 4) is 5.69 Å². The van der Waals surface area contributed by atoms with Crippen molar-refractivity contribution in [3.63, 3.8) is 0 Å². The second kappa shape index (κ2) is 5.18. The first-order valence-electron chi connectivity index (χ1n) is 6.68. The van der Waals surface area contributed by atoms with Gasteiger partial charge in [-0.1, -0.05) is 19.1 Å². The number of hydrogen-bond acceptors (Lipinski definition) is 2. The van der Waals surface area contributed by atoms with Gasteiger partial charge >= 0.3 is 6.18 Å². The third kappa shape index (κ3) is 3.10. The number of aryl methyl sites for hydroxylation is 1. The summed E-state index contributed by atoms with van der Waals surface area (Å²) >= 11 is 0. The van der Waals surface area contributed by atoms with E-state index in [1.165, 1.54) is 20.0 Å². The minimum atomic E-state index is -4.52. The molecule has 0 bridgehead atoms. The summed E-state index contributed by atoms with van der Waals surface area (Å²) < 4.78 is 41.1. The topological polar surface area (TPSA) is 43.8 Å². The highest BCUT2D eigenvalue weighted by Gasteiger charge is 2.41. The summed E-state index contributed by atoms with van der Waals surface area (Å²) in [7, 11) is 0. The summed E-state index contributed by atoms with van der Waals surface area (Å²) in [6, 6.07) is 6.86. The van der Waals surface area contributed by atoms with E-state index in [2.05, 4.69) is 5.10 Å². The average molecular weight is 297 g/mol. The summed E-state index contributed by atoms with van der Waals surface area (Å²) in [5, 5.41) is 3.89. The maximum absolute atomic E-state index is 13.4. The van der Waals surface area contributed by atoms with Gasteiger partial charge < -0.3 is 5.73 Å². The second-order valence-corrected chi connectivity index (χ2v) is 5.56. The number of alkyl halides is 3. The molecular formula is C15H18F3N3. The van der Waals surface area contributed by atoms with Gasteiger partial charge in [0.25, 0.3) is 0 Å². The highest BCUT2D eigenvalue weighted by Crippen LogP contribution is 2.37. The van der Waals surface area contributed by atoms with Gasteiger partial charge in [0, 0.05) is 11.1 Å². The molecule has 0 saturated carbocycles. The van der Waals surface area contributed by atoms with E-state index in [9.17, 15) is 13.2 Å². The van der Waals surface area contributed by atoms with Crippen LogP contribution in [-0.2, 0) is 18.1 Å². The molecule has 0 radical (unpaired) electrons. The zero-order chi connectivity index (χ0) is 15.8. The second-order valence-electron chi connectivity index (χ2n) is 5.56. The number of rotatable bonds is 3. The number of aromatic nitrogens is 2. The Morgan fingerprint density at radius 2 is 1.71 bits per heavy atom. The van der Waals surface area contributed by atoms with Crippen molar-refractivity contribution in [2.75, 3.05) is 0 Å². The van der Waals surface area contributed by atoms with Crippen LogP contribution in [0.1, 0.15) is 37.6 Å². The quantitative estimate of drug-likeness (QED) is 0.940. The lowest BCUT2D eigenvalue weighted by Gasteiger charge is -2.21. The van der Waals surface area contributed by atoms with E-state index in [0.29, 0.717) is 5.69 Å². The molecule has 0 aliphatic rings. The summed E-state index contributed by atoms with van der Waals surface area (Å²) in [6.45, 7) is 5.05. The van der Waals surface area contributed by atoms with Crippen molar-refractivity contribution in [1.82, 2.24) is 9.78 Å². The van der Waals surface area contributed by atoms with Crippen LogP contribution in [0.2, 0.25) is 0 Å². The largest absolute Gasteiger partial charge is 0.433 e. The Labute approximate surface area is 121 Å². The molecule has 2 rings (SSSR count). The first-order chi connectivity index (χ1) is 9.64. The SMILES string of the molecule is CCc1ccc(-n2ncc(C(C)(C)N)c2C(F)(F)F)cc1. The zero-order valence-corrected chi connectivity index (χ0v) is 12.2. The van der Waals surface area contributed by atoms with E-state index in [0.717, 1.165) is 16.7 Å². The van der Waals surface area contributed by atoms with E-state index < -0.39 is 17.4 Å². The van der Waals surface area contributed by atoms with Crippen LogP contribution in [0.4, 0.5) is 13.2 Å². The summed E-state index contributed by atoms with van der Waals surface area (Å²) in [6.07, 6.45) is -2.50. The Morgan fingerprint density at radius 3 is 2.14 bits per heavy atom. The maximum atomic E-state index is 13.4. The van der Waals surface area contributed by atoms with Crippen molar-refractivity contribution in [2.45, 2.75) is 38.9 Å². The highest BCUT2D eigenvalue weighted by molar-refractivity contribution is 5.39. The third-order valence-electron chi connectivity index (χ3n) is 3.32. The number of nitrogens with zero attached hydrogens (tertiary/aromatic N) is 2. The first kappa shape index (κ1) is 15.6. The third-order valence-corrected chi connectivity index (χ3v) is 3.32. The Balaban J connectivity index is 2.61. The molecule has 0 fully saturated rings.